The fourth-order valence-electron chi connectivity index (χ4n) is 2.39. The van der Waals surface area contributed by atoms with Crippen LogP contribution in [-0.4, -0.2) is 16.8 Å². The molecule has 0 fully saturated rings. The lowest BCUT2D eigenvalue weighted by Gasteiger charge is -2.11. The van der Waals surface area contributed by atoms with E-state index in [1.165, 1.54) is 0 Å². The fraction of sp³-hybridized carbons (Fsp3) is 0.0500. The van der Waals surface area contributed by atoms with Gasteiger partial charge in [-0.25, -0.2) is 4.98 Å². The van der Waals surface area contributed by atoms with Crippen molar-refractivity contribution in [3.05, 3.63) is 89.1 Å². The number of carbonyl (C=O) groups is 2. The number of anilines is 2. The molecular formula is C20H16ClN3O2. The van der Waals surface area contributed by atoms with E-state index in [0.29, 0.717) is 22.1 Å². The van der Waals surface area contributed by atoms with Crippen molar-refractivity contribution in [1.82, 2.24) is 4.98 Å². The number of amides is 2. The van der Waals surface area contributed by atoms with Gasteiger partial charge in [-0.15, -0.1) is 0 Å². The SMILES string of the molecule is O=C(Cc1ccc(Cl)cc1)Nc1ccccc1C(=O)Nc1ccccn1. The smallest absolute Gasteiger partial charge is 0.258 e. The molecule has 0 unspecified atom stereocenters. The molecule has 0 aliphatic rings. The van der Waals surface area contributed by atoms with Crippen molar-refractivity contribution in [3.63, 3.8) is 0 Å². The first-order chi connectivity index (χ1) is 12.6. The zero-order chi connectivity index (χ0) is 18.4. The molecule has 0 spiro atoms. The summed E-state index contributed by atoms with van der Waals surface area (Å²) in [5.74, 6) is -0.115. The van der Waals surface area contributed by atoms with E-state index in [0.717, 1.165) is 5.56 Å². The minimum Gasteiger partial charge on any atom is -0.325 e. The van der Waals surface area contributed by atoms with Crippen molar-refractivity contribution >= 4 is 34.9 Å². The van der Waals surface area contributed by atoms with Crippen LogP contribution in [0.4, 0.5) is 11.5 Å². The monoisotopic (exact) mass is 365 g/mol. The first kappa shape index (κ1) is 17.6. The predicted molar refractivity (Wildman–Crippen MR) is 102 cm³/mol. The van der Waals surface area contributed by atoms with Crippen molar-refractivity contribution in [2.75, 3.05) is 10.6 Å². The normalized spacial score (nSPS) is 10.2. The van der Waals surface area contributed by atoms with Crippen LogP contribution >= 0.6 is 11.6 Å². The van der Waals surface area contributed by atoms with Gasteiger partial charge in [-0.05, 0) is 42.0 Å². The third-order valence-corrected chi connectivity index (χ3v) is 3.88. The number of nitrogens with zero attached hydrogens (tertiary/aromatic N) is 1. The van der Waals surface area contributed by atoms with Crippen LogP contribution in [0.1, 0.15) is 15.9 Å². The molecule has 5 nitrogen and oxygen atoms in total. The molecule has 3 rings (SSSR count). The quantitative estimate of drug-likeness (QED) is 0.712. The first-order valence-corrected chi connectivity index (χ1v) is 8.35. The van der Waals surface area contributed by atoms with Gasteiger partial charge < -0.3 is 10.6 Å². The fourth-order valence-corrected chi connectivity index (χ4v) is 2.52. The molecule has 1 aromatic heterocycles. The van der Waals surface area contributed by atoms with E-state index >= 15 is 0 Å². The van der Waals surface area contributed by atoms with Crippen molar-refractivity contribution in [2.45, 2.75) is 6.42 Å². The summed E-state index contributed by atoms with van der Waals surface area (Å²) in [6.07, 6.45) is 1.78. The van der Waals surface area contributed by atoms with Gasteiger partial charge >= 0.3 is 0 Å². The topological polar surface area (TPSA) is 71.1 Å². The standard InChI is InChI=1S/C20H16ClN3O2/c21-15-10-8-14(9-11-15)13-19(25)23-17-6-2-1-5-16(17)20(26)24-18-7-3-4-12-22-18/h1-12H,13H2,(H,23,25)(H,22,24,26). The van der Waals surface area contributed by atoms with Crippen molar-refractivity contribution in [2.24, 2.45) is 0 Å². The summed E-state index contributed by atoms with van der Waals surface area (Å²) >= 11 is 5.85. The third-order valence-electron chi connectivity index (χ3n) is 3.63. The molecule has 0 radical (unpaired) electrons. The zero-order valence-electron chi connectivity index (χ0n) is 13.8. The van der Waals surface area contributed by atoms with Crippen LogP contribution in [0, 0.1) is 0 Å². The Morgan fingerprint density at radius 3 is 2.35 bits per heavy atom. The van der Waals surface area contributed by atoms with Gasteiger partial charge in [0.2, 0.25) is 5.91 Å². The van der Waals surface area contributed by atoms with E-state index in [1.807, 2.05) is 0 Å². The number of hydrogen-bond donors (Lipinski definition) is 2. The number of halogens is 1. The van der Waals surface area contributed by atoms with E-state index in [-0.39, 0.29) is 18.2 Å². The van der Waals surface area contributed by atoms with E-state index < -0.39 is 0 Å². The van der Waals surface area contributed by atoms with Gasteiger partial charge in [0.05, 0.1) is 17.7 Å². The van der Waals surface area contributed by atoms with Gasteiger partial charge in [0.1, 0.15) is 5.82 Å². The Bertz CT molecular complexity index is 912. The summed E-state index contributed by atoms with van der Waals surface area (Å²) in [5.41, 5.74) is 1.64. The Labute approximate surface area is 156 Å². The maximum absolute atomic E-state index is 12.5. The highest BCUT2D eigenvalue weighted by atomic mass is 35.5. The van der Waals surface area contributed by atoms with E-state index in [4.69, 9.17) is 11.6 Å². The summed E-state index contributed by atoms with van der Waals surface area (Å²) < 4.78 is 0. The van der Waals surface area contributed by atoms with Gasteiger partial charge in [-0.3, -0.25) is 9.59 Å². The van der Waals surface area contributed by atoms with E-state index in [1.54, 1.807) is 72.9 Å². The molecular weight excluding hydrogens is 350 g/mol. The van der Waals surface area contributed by atoms with Gasteiger partial charge in [0, 0.05) is 11.2 Å². The highest BCUT2D eigenvalue weighted by molar-refractivity contribution is 6.30. The van der Waals surface area contributed by atoms with Gasteiger partial charge in [-0.2, -0.15) is 0 Å². The van der Waals surface area contributed by atoms with Crippen LogP contribution in [0.15, 0.2) is 72.9 Å². The van der Waals surface area contributed by atoms with Crippen LogP contribution in [0.25, 0.3) is 0 Å². The summed E-state index contributed by atoms with van der Waals surface area (Å²) in [7, 11) is 0. The van der Waals surface area contributed by atoms with Gasteiger partial charge in [0.25, 0.3) is 5.91 Å². The van der Waals surface area contributed by atoms with Gasteiger partial charge in [-0.1, -0.05) is 41.9 Å². The van der Waals surface area contributed by atoms with E-state index in [2.05, 4.69) is 15.6 Å². The molecule has 0 bridgehead atoms. The Morgan fingerprint density at radius 1 is 0.885 bits per heavy atom. The molecule has 6 heteroatoms. The minimum absolute atomic E-state index is 0.188. The number of carbonyl (C=O) groups excluding carboxylic acids is 2. The zero-order valence-corrected chi connectivity index (χ0v) is 14.5. The Kier molecular flexibility index (Phi) is 5.61. The maximum Gasteiger partial charge on any atom is 0.258 e. The lowest BCUT2D eigenvalue weighted by atomic mass is 10.1. The van der Waals surface area contributed by atoms with Crippen molar-refractivity contribution in [3.8, 4) is 0 Å². The second kappa shape index (κ2) is 8.27. The number of hydrogen-bond acceptors (Lipinski definition) is 3. The molecule has 3 aromatic rings. The highest BCUT2D eigenvalue weighted by Crippen LogP contribution is 2.17. The summed E-state index contributed by atoms with van der Waals surface area (Å²) in [6.45, 7) is 0. The molecule has 0 aliphatic carbocycles. The molecule has 2 aromatic carbocycles. The van der Waals surface area contributed by atoms with E-state index in [9.17, 15) is 9.59 Å². The molecule has 0 saturated heterocycles. The van der Waals surface area contributed by atoms with Crippen LogP contribution in [0.5, 0.6) is 0 Å². The molecule has 26 heavy (non-hydrogen) atoms. The molecule has 2 amide bonds. The molecule has 2 N–H and O–H groups in total. The summed E-state index contributed by atoms with van der Waals surface area (Å²) in [5, 5.41) is 6.12. The average molecular weight is 366 g/mol. The predicted octanol–water partition coefficient (Wildman–Crippen LogP) is 4.17. The first-order valence-electron chi connectivity index (χ1n) is 7.97. The Balaban J connectivity index is 1.71. The van der Waals surface area contributed by atoms with Crippen molar-refractivity contribution in [1.29, 1.82) is 0 Å². The molecule has 0 saturated carbocycles. The third kappa shape index (κ3) is 4.68. The summed E-state index contributed by atoms with van der Waals surface area (Å²) in [4.78, 5) is 28.9. The maximum atomic E-state index is 12.5. The van der Waals surface area contributed by atoms with Crippen LogP contribution in [-0.2, 0) is 11.2 Å². The van der Waals surface area contributed by atoms with Crippen molar-refractivity contribution < 1.29 is 9.59 Å². The molecule has 0 aliphatic heterocycles. The summed E-state index contributed by atoms with van der Waals surface area (Å²) in [6, 6.07) is 19.1. The molecule has 130 valence electrons. The minimum atomic E-state index is -0.342. The molecule has 1 heterocycles. The Morgan fingerprint density at radius 2 is 1.62 bits per heavy atom. The molecule has 0 atom stereocenters. The second-order valence-corrected chi connectivity index (χ2v) is 6.00. The number of para-hydroxylation sites is 1. The van der Waals surface area contributed by atoms with Gasteiger partial charge in [0.15, 0.2) is 0 Å². The number of pyridine rings is 1. The number of benzene rings is 2. The number of nitrogens with one attached hydrogen (secondary N) is 2. The largest absolute Gasteiger partial charge is 0.325 e. The number of rotatable bonds is 5. The van der Waals surface area contributed by atoms with Crippen LogP contribution in [0.3, 0.4) is 0 Å². The highest BCUT2D eigenvalue weighted by Gasteiger charge is 2.14. The lowest BCUT2D eigenvalue weighted by Crippen LogP contribution is -2.19. The van der Waals surface area contributed by atoms with Crippen LogP contribution < -0.4 is 10.6 Å². The lowest BCUT2D eigenvalue weighted by molar-refractivity contribution is -0.115. The van der Waals surface area contributed by atoms with Crippen LogP contribution in [0.2, 0.25) is 5.02 Å². The average Bonchev–Trinajstić information content (AvgIpc) is 2.65. The Hall–Kier alpha value is -3.18. The number of aromatic nitrogens is 1. The second-order valence-electron chi connectivity index (χ2n) is 5.57.